The molecule has 0 saturated heterocycles. The molecule has 0 spiro atoms. The fraction of sp³-hybridized carbons (Fsp3) is 0.143. The van der Waals surface area contributed by atoms with E-state index in [0.29, 0.717) is 0 Å². The first kappa shape index (κ1) is 10.9. The number of nitrogen functional groups attached to an aromatic ring is 1. The molecule has 0 aliphatic heterocycles. The Labute approximate surface area is 83.4 Å². The molecule has 2 nitrogen and oxygen atoms in total. The van der Waals surface area contributed by atoms with Crippen molar-refractivity contribution in [2.24, 2.45) is 5.84 Å². The Morgan fingerprint density at radius 2 is 1.64 bits per heavy atom. The first-order chi connectivity index (χ1) is 5.33. The lowest BCUT2D eigenvalue weighted by atomic mass is 10.3. The summed E-state index contributed by atoms with van der Waals surface area (Å²) in [6.07, 6.45) is 0. The van der Waals surface area contributed by atoms with Gasteiger partial charge in [-0.2, -0.15) is 0 Å². The molecular formula is C7H10Br2N2. The smallest absolute Gasteiger partial charge is 0.0485 e. The van der Waals surface area contributed by atoms with E-state index in [2.05, 4.69) is 37.3 Å². The molecule has 1 rings (SSSR count). The molecule has 1 aromatic carbocycles. The van der Waals surface area contributed by atoms with Crippen LogP contribution in [0.15, 0.2) is 28.7 Å². The van der Waals surface area contributed by atoms with Gasteiger partial charge in [-0.25, -0.2) is 0 Å². The number of hydrazine groups is 1. The van der Waals surface area contributed by atoms with Crippen LogP contribution in [-0.2, 0) is 0 Å². The lowest BCUT2D eigenvalue weighted by molar-refractivity contribution is 1.35. The van der Waals surface area contributed by atoms with Gasteiger partial charge < -0.3 is 5.43 Å². The zero-order valence-electron chi connectivity index (χ0n) is 6.14. The molecule has 0 saturated carbocycles. The maximum Gasteiger partial charge on any atom is 0.0485 e. The maximum atomic E-state index is 5.13. The van der Waals surface area contributed by atoms with Crippen LogP contribution in [0.1, 0.15) is 0 Å². The SMILES string of the molecule is CBr.NNc1ccc(Br)cc1. The Kier molecular flexibility index (Phi) is 6.60. The Balaban J connectivity index is 0.000000461. The molecular weight excluding hydrogens is 272 g/mol. The Bertz CT molecular complexity index is 186. The number of hydrogen-bond donors (Lipinski definition) is 2. The van der Waals surface area contributed by atoms with Crippen molar-refractivity contribution in [1.29, 1.82) is 0 Å². The lowest BCUT2D eigenvalue weighted by Gasteiger charge is -1.96. The second-order valence-corrected chi connectivity index (χ2v) is 2.57. The summed E-state index contributed by atoms with van der Waals surface area (Å²) in [6.45, 7) is 0. The van der Waals surface area contributed by atoms with Crippen molar-refractivity contribution in [3.05, 3.63) is 28.7 Å². The number of rotatable bonds is 1. The summed E-state index contributed by atoms with van der Waals surface area (Å²) in [5, 5.41) is 0. The molecule has 0 heterocycles. The minimum Gasteiger partial charge on any atom is -0.324 e. The molecule has 0 amide bonds. The van der Waals surface area contributed by atoms with Gasteiger partial charge in [-0.15, -0.1) is 0 Å². The van der Waals surface area contributed by atoms with Gasteiger partial charge in [-0.1, -0.05) is 31.9 Å². The largest absolute Gasteiger partial charge is 0.324 e. The molecule has 3 N–H and O–H groups in total. The van der Waals surface area contributed by atoms with Crippen molar-refractivity contribution in [2.45, 2.75) is 0 Å². The van der Waals surface area contributed by atoms with Crippen molar-refractivity contribution in [3.63, 3.8) is 0 Å². The monoisotopic (exact) mass is 280 g/mol. The highest BCUT2D eigenvalue weighted by Gasteiger charge is 1.85. The van der Waals surface area contributed by atoms with Crippen LogP contribution in [0, 0.1) is 0 Å². The highest BCUT2D eigenvalue weighted by atomic mass is 79.9. The Morgan fingerprint density at radius 3 is 2.00 bits per heavy atom. The topological polar surface area (TPSA) is 38.0 Å². The van der Waals surface area contributed by atoms with Crippen LogP contribution in [0.4, 0.5) is 5.69 Å². The summed E-state index contributed by atoms with van der Waals surface area (Å²) in [5.41, 5.74) is 3.45. The van der Waals surface area contributed by atoms with Crippen molar-refractivity contribution >= 4 is 37.5 Å². The van der Waals surface area contributed by atoms with Gasteiger partial charge in [0.05, 0.1) is 0 Å². The number of halogens is 2. The second-order valence-electron chi connectivity index (χ2n) is 1.65. The van der Waals surface area contributed by atoms with Gasteiger partial charge in [-0.3, -0.25) is 5.84 Å². The van der Waals surface area contributed by atoms with E-state index in [0.717, 1.165) is 10.2 Å². The molecule has 0 aliphatic carbocycles. The quantitative estimate of drug-likeness (QED) is 0.472. The van der Waals surface area contributed by atoms with Crippen LogP contribution in [-0.4, -0.2) is 5.83 Å². The predicted octanol–water partition coefficient (Wildman–Crippen LogP) is 2.75. The van der Waals surface area contributed by atoms with Gasteiger partial charge in [0.2, 0.25) is 0 Å². The number of alkyl halides is 1. The number of nitrogens with two attached hydrogens (primary N) is 1. The summed E-state index contributed by atoms with van der Waals surface area (Å²) in [5.74, 6) is 6.95. The minimum atomic E-state index is 0.915. The molecule has 4 heteroatoms. The third-order valence-electron chi connectivity index (χ3n) is 1.01. The van der Waals surface area contributed by atoms with Gasteiger partial charge >= 0.3 is 0 Å². The van der Waals surface area contributed by atoms with Crippen LogP contribution in [0.25, 0.3) is 0 Å². The van der Waals surface area contributed by atoms with Crippen LogP contribution in [0.5, 0.6) is 0 Å². The number of nitrogens with one attached hydrogen (secondary N) is 1. The van der Waals surface area contributed by atoms with Gasteiger partial charge in [0.15, 0.2) is 0 Å². The zero-order valence-corrected chi connectivity index (χ0v) is 9.31. The van der Waals surface area contributed by atoms with E-state index in [1.807, 2.05) is 30.1 Å². The van der Waals surface area contributed by atoms with Crippen molar-refractivity contribution in [3.8, 4) is 0 Å². The summed E-state index contributed by atoms with van der Waals surface area (Å²) < 4.78 is 1.06. The predicted molar refractivity (Wildman–Crippen MR) is 56.8 cm³/mol. The molecule has 62 valence electrons. The van der Waals surface area contributed by atoms with Gasteiger partial charge in [0.1, 0.15) is 0 Å². The lowest BCUT2D eigenvalue weighted by Crippen LogP contribution is -2.05. The van der Waals surface area contributed by atoms with Gasteiger partial charge in [0.25, 0.3) is 0 Å². The Hall–Kier alpha value is -0.0600. The minimum absolute atomic E-state index is 0.915. The van der Waals surface area contributed by atoms with Crippen LogP contribution in [0.3, 0.4) is 0 Å². The normalized spacial score (nSPS) is 8.00. The first-order valence-corrected chi connectivity index (χ1v) is 5.31. The third kappa shape index (κ3) is 4.40. The first-order valence-electron chi connectivity index (χ1n) is 2.93. The van der Waals surface area contributed by atoms with E-state index in [1.54, 1.807) is 0 Å². The Morgan fingerprint density at radius 1 is 1.18 bits per heavy atom. The molecule has 0 fully saturated rings. The van der Waals surface area contributed by atoms with Crippen LogP contribution in [0.2, 0.25) is 0 Å². The maximum absolute atomic E-state index is 5.13. The van der Waals surface area contributed by atoms with E-state index in [4.69, 9.17) is 5.84 Å². The molecule has 0 bridgehead atoms. The molecule has 11 heavy (non-hydrogen) atoms. The molecule has 0 atom stereocenters. The number of benzene rings is 1. The average Bonchev–Trinajstić information content (AvgIpc) is 2.10. The highest BCUT2D eigenvalue weighted by molar-refractivity contribution is 9.10. The van der Waals surface area contributed by atoms with E-state index in [1.165, 1.54) is 0 Å². The summed E-state index contributed by atoms with van der Waals surface area (Å²) >= 11 is 6.24. The van der Waals surface area contributed by atoms with Crippen molar-refractivity contribution < 1.29 is 0 Å². The second kappa shape index (κ2) is 6.64. The van der Waals surface area contributed by atoms with Crippen LogP contribution < -0.4 is 11.3 Å². The fourth-order valence-electron chi connectivity index (χ4n) is 0.546. The van der Waals surface area contributed by atoms with Crippen molar-refractivity contribution in [1.82, 2.24) is 0 Å². The van der Waals surface area contributed by atoms with Crippen molar-refractivity contribution in [2.75, 3.05) is 11.3 Å². The van der Waals surface area contributed by atoms with Gasteiger partial charge in [0, 0.05) is 10.2 Å². The molecule has 0 radical (unpaired) electrons. The molecule has 0 unspecified atom stereocenters. The highest BCUT2D eigenvalue weighted by Crippen LogP contribution is 2.12. The van der Waals surface area contributed by atoms with E-state index in [9.17, 15) is 0 Å². The van der Waals surface area contributed by atoms with Gasteiger partial charge in [-0.05, 0) is 30.1 Å². The summed E-state index contributed by atoms with van der Waals surface area (Å²) in [6, 6.07) is 7.64. The molecule has 0 aliphatic rings. The summed E-state index contributed by atoms with van der Waals surface area (Å²) in [7, 11) is 0. The van der Waals surface area contributed by atoms with E-state index < -0.39 is 0 Å². The fourth-order valence-corrected chi connectivity index (χ4v) is 0.810. The molecule has 0 aromatic heterocycles. The number of hydrogen-bond acceptors (Lipinski definition) is 2. The third-order valence-corrected chi connectivity index (χ3v) is 1.54. The summed E-state index contributed by atoms with van der Waals surface area (Å²) in [4.78, 5) is 0. The van der Waals surface area contributed by atoms with E-state index >= 15 is 0 Å². The zero-order chi connectivity index (χ0) is 8.69. The van der Waals surface area contributed by atoms with E-state index in [-0.39, 0.29) is 0 Å². The average molecular weight is 282 g/mol. The standard InChI is InChI=1S/C6H7BrN2.CH3Br/c7-5-1-3-6(9-8)4-2-5;1-2/h1-4,9H,8H2;1H3. The number of anilines is 1. The molecule has 1 aromatic rings. The van der Waals surface area contributed by atoms with Crippen LogP contribution >= 0.6 is 31.9 Å².